The second kappa shape index (κ2) is 8.55. The van der Waals surface area contributed by atoms with Gasteiger partial charge in [0, 0.05) is 16.8 Å². The number of halogens is 1. The van der Waals surface area contributed by atoms with Crippen molar-refractivity contribution < 1.29 is 4.79 Å². The molecule has 1 unspecified atom stereocenters. The standard InChI is InChI=1S/C22H15ClN6O/c23-18-6-2-16(3-7-18)21(20-10-1-15(11-24)12-26-20)28-22(30)17-4-8-19(9-5-17)29-14-25-13-27-29/h1-10,12-14,21H,(H,28,30). The van der Waals surface area contributed by atoms with E-state index in [4.69, 9.17) is 16.9 Å². The molecule has 2 heterocycles. The van der Waals surface area contributed by atoms with E-state index in [1.807, 2.05) is 18.2 Å². The molecule has 7 nitrogen and oxygen atoms in total. The predicted octanol–water partition coefficient (Wildman–Crippen LogP) is 3.71. The Bertz CT molecular complexity index is 1180. The summed E-state index contributed by atoms with van der Waals surface area (Å²) in [7, 11) is 0. The van der Waals surface area contributed by atoms with Crippen LogP contribution in [0.15, 0.2) is 79.5 Å². The molecule has 0 aliphatic rings. The Morgan fingerprint density at radius 1 is 1.07 bits per heavy atom. The molecule has 0 fully saturated rings. The second-order valence-electron chi connectivity index (χ2n) is 6.43. The van der Waals surface area contributed by atoms with Gasteiger partial charge in [-0.1, -0.05) is 23.7 Å². The first-order chi connectivity index (χ1) is 14.6. The van der Waals surface area contributed by atoms with Gasteiger partial charge in [-0.15, -0.1) is 0 Å². The van der Waals surface area contributed by atoms with Crippen LogP contribution in [0.2, 0.25) is 5.02 Å². The van der Waals surface area contributed by atoms with E-state index in [2.05, 4.69) is 20.4 Å². The topological polar surface area (TPSA) is 96.5 Å². The molecule has 4 aromatic rings. The van der Waals surface area contributed by atoms with E-state index in [1.54, 1.807) is 59.5 Å². The maximum atomic E-state index is 12.9. The van der Waals surface area contributed by atoms with Crippen molar-refractivity contribution in [2.45, 2.75) is 6.04 Å². The lowest BCUT2D eigenvalue weighted by Gasteiger charge is -2.19. The van der Waals surface area contributed by atoms with E-state index < -0.39 is 6.04 Å². The quantitative estimate of drug-likeness (QED) is 0.537. The molecule has 0 saturated heterocycles. The number of carbonyl (C=O) groups is 1. The molecule has 1 amide bonds. The Kier molecular flexibility index (Phi) is 5.50. The van der Waals surface area contributed by atoms with Crippen molar-refractivity contribution in [3.05, 3.63) is 107 Å². The smallest absolute Gasteiger partial charge is 0.252 e. The first-order valence-corrected chi connectivity index (χ1v) is 9.39. The molecular formula is C22H15ClN6O. The highest BCUT2D eigenvalue weighted by atomic mass is 35.5. The minimum Gasteiger partial charge on any atom is -0.340 e. The summed E-state index contributed by atoms with van der Waals surface area (Å²) >= 11 is 6.01. The molecule has 8 heteroatoms. The van der Waals surface area contributed by atoms with E-state index in [9.17, 15) is 4.79 Å². The highest BCUT2D eigenvalue weighted by Gasteiger charge is 2.19. The fourth-order valence-electron chi connectivity index (χ4n) is 2.95. The third-order valence-corrected chi connectivity index (χ3v) is 4.75. The van der Waals surface area contributed by atoms with Gasteiger partial charge in [0.2, 0.25) is 0 Å². The summed E-state index contributed by atoms with van der Waals surface area (Å²) in [6, 6.07) is 19.1. The number of nitriles is 1. The Morgan fingerprint density at radius 2 is 1.83 bits per heavy atom. The van der Waals surface area contributed by atoms with Gasteiger partial charge in [-0.3, -0.25) is 9.78 Å². The molecule has 0 spiro atoms. The number of aromatic nitrogens is 4. The molecular weight excluding hydrogens is 400 g/mol. The van der Waals surface area contributed by atoms with Crippen LogP contribution in [0.1, 0.15) is 33.2 Å². The van der Waals surface area contributed by atoms with Gasteiger partial charge >= 0.3 is 0 Å². The average molecular weight is 415 g/mol. The molecule has 2 aromatic carbocycles. The van der Waals surface area contributed by atoms with Gasteiger partial charge in [0.25, 0.3) is 5.91 Å². The number of nitrogens with one attached hydrogen (secondary N) is 1. The van der Waals surface area contributed by atoms with Crippen molar-refractivity contribution >= 4 is 17.5 Å². The Morgan fingerprint density at radius 3 is 2.43 bits per heavy atom. The molecule has 30 heavy (non-hydrogen) atoms. The van der Waals surface area contributed by atoms with Crippen molar-refractivity contribution in [3.8, 4) is 11.8 Å². The Labute approximate surface area is 177 Å². The first-order valence-electron chi connectivity index (χ1n) is 9.01. The molecule has 0 aliphatic heterocycles. The lowest BCUT2D eigenvalue weighted by atomic mass is 10.0. The van der Waals surface area contributed by atoms with Crippen LogP contribution in [0.3, 0.4) is 0 Å². The Balaban J connectivity index is 1.61. The lowest BCUT2D eigenvalue weighted by Crippen LogP contribution is -2.30. The summed E-state index contributed by atoms with van der Waals surface area (Å²) in [6.07, 6.45) is 4.52. The lowest BCUT2D eigenvalue weighted by molar-refractivity contribution is 0.0942. The molecule has 146 valence electrons. The van der Waals surface area contributed by atoms with Gasteiger partial charge in [0.05, 0.1) is 23.0 Å². The second-order valence-corrected chi connectivity index (χ2v) is 6.86. The van der Waals surface area contributed by atoms with Crippen molar-refractivity contribution in [1.82, 2.24) is 25.1 Å². The van der Waals surface area contributed by atoms with Crippen LogP contribution >= 0.6 is 11.6 Å². The van der Waals surface area contributed by atoms with Crippen LogP contribution in [-0.2, 0) is 0 Å². The van der Waals surface area contributed by atoms with Crippen LogP contribution in [0.25, 0.3) is 5.69 Å². The van der Waals surface area contributed by atoms with Crippen molar-refractivity contribution in [3.63, 3.8) is 0 Å². The molecule has 1 N–H and O–H groups in total. The van der Waals surface area contributed by atoms with E-state index in [0.717, 1.165) is 11.3 Å². The summed E-state index contributed by atoms with van der Waals surface area (Å²) in [5, 5.41) is 16.7. The molecule has 0 bridgehead atoms. The maximum Gasteiger partial charge on any atom is 0.252 e. The third kappa shape index (κ3) is 4.19. The average Bonchev–Trinajstić information content (AvgIpc) is 3.33. The fraction of sp³-hybridized carbons (Fsp3) is 0.0455. The van der Waals surface area contributed by atoms with Gasteiger partial charge in [-0.2, -0.15) is 10.4 Å². The zero-order valence-electron chi connectivity index (χ0n) is 15.6. The van der Waals surface area contributed by atoms with Gasteiger partial charge in [-0.05, 0) is 54.1 Å². The number of hydrogen-bond donors (Lipinski definition) is 1. The monoisotopic (exact) mass is 414 g/mol. The summed E-state index contributed by atoms with van der Waals surface area (Å²) < 4.78 is 1.61. The number of hydrogen-bond acceptors (Lipinski definition) is 5. The summed E-state index contributed by atoms with van der Waals surface area (Å²) in [4.78, 5) is 21.2. The van der Waals surface area contributed by atoms with Crippen molar-refractivity contribution in [2.24, 2.45) is 0 Å². The predicted molar refractivity (Wildman–Crippen MR) is 111 cm³/mol. The number of carbonyl (C=O) groups excluding carboxylic acids is 1. The van der Waals surface area contributed by atoms with E-state index >= 15 is 0 Å². The van der Waals surface area contributed by atoms with Crippen LogP contribution in [0.5, 0.6) is 0 Å². The summed E-state index contributed by atoms with van der Waals surface area (Å²) in [5.74, 6) is -0.258. The number of amides is 1. The first kappa shape index (κ1) is 19.3. The highest BCUT2D eigenvalue weighted by Crippen LogP contribution is 2.23. The highest BCUT2D eigenvalue weighted by molar-refractivity contribution is 6.30. The van der Waals surface area contributed by atoms with Crippen LogP contribution in [-0.4, -0.2) is 25.7 Å². The van der Waals surface area contributed by atoms with Crippen molar-refractivity contribution in [1.29, 1.82) is 5.26 Å². The van der Waals surface area contributed by atoms with Crippen LogP contribution < -0.4 is 5.32 Å². The minimum absolute atomic E-state index is 0.258. The molecule has 4 rings (SSSR count). The van der Waals surface area contributed by atoms with Gasteiger partial charge in [0.1, 0.15) is 18.7 Å². The SMILES string of the molecule is N#Cc1ccc(C(NC(=O)c2ccc(-n3cncn3)cc2)c2ccc(Cl)cc2)nc1. The molecule has 2 aromatic heterocycles. The normalized spacial score (nSPS) is 11.5. The fourth-order valence-corrected chi connectivity index (χ4v) is 3.07. The van der Waals surface area contributed by atoms with E-state index in [1.165, 1.54) is 12.5 Å². The number of nitrogens with zero attached hydrogens (tertiary/aromatic N) is 5. The number of benzene rings is 2. The number of rotatable bonds is 5. The largest absolute Gasteiger partial charge is 0.340 e. The number of pyridine rings is 1. The molecule has 0 saturated carbocycles. The molecule has 0 aliphatic carbocycles. The molecule has 0 radical (unpaired) electrons. The van der Waals surface area contributed by atoms with Crippen LogP contribution in [0.4, 0.5) is 0 Å². The zero-order chi connectivity index (χ0) is 20.9. The Hall–Kier alpha value is -4.02. The molecule has 1 atom stereocenters. The van der Waals surface area contributed by atoms with Crippen LogP contribution in [0, 0.1) is 11.3 Å². The van der Waals surface area contributed by atoms with E-state index in [-0.39, 0.29) is 5.91 Å². The summed E-state index contributed by atoms with van der Waals surface area (Å²) in [6.45, 7) is 0. The van der Waals surface area contributed by atoms with Gasteiger partial charge < -0.3 is 5.32 Å². The van der Waals surface area contributed by atoms with Gasteiger partial charge in [-0.25, -0.2) is 9.67 Å². The maximum absolute atomic E-state index is 12.9. The van der Waals surface area contributed by atoms with Gasteiger partial charge in [0.15, 0.2) is 0 Å². The summed E-state index contributed by atoms with van der Waals surface area (Å²) in [5.41, 5.74) is 3.18. The van der Waals surface area contributed by atoms with E-state index in [0.29, 0.717) is 21.8 Å². The third-order valence-electron chi connectivity index (χ3n) is 4.50. The zero-order valence-corrected chi connectivity index (χ0v) is 16.4. The van der Waals surface area contributed by atoms with Crippen molar-refractivity contribution in [2.75, 3.05) is 0 Å². The minimum atomic E-state index is -0.502.